The van der Waals surface area contributed by atoms with Crippen molar-refractivity contribution in [3.8, 4) is 0 Å². The topological polar surface area (TPSA) is 43.4 Å². The standard InChI is InChI=1S/CHCl3O3S/c2-1(3)8(5,6)7-4/h1H. The quantitative estimate of drug-likeness (QED) is 0.629. The molecule has 7 heteroatoms. The van der Waals surface area contributed by atoms with Crippen LogP contribution in [-0.4, -0.2) is 12.6 Å². The molecule has 0 amide bonds. The number of hydrogen-bond donors (Lipinski definition) is 0. The van der Waals surface area contributed by atoms with E-state index in [1.807, 2.05) is 0 Å². The predicted octanol–water partition coefficient (Wildman–Crippen LogP) is 1.25. The Kier molecular flexibility index (Phi) is 3.38. The highest BCUT2D eigenvalue weighted by Gasteiger charge is 2.20. The fourth-order valence-corrected chi connectivity index (χ4v) is 0.742. The zero-order valence-corrected chi connectivity index (χ0v) is 6.43. The summed E-state index contributed by atoms with van der Waals surface area (Å²) in [6, 6.07) is 0. The zero-order chi connectivity index (χ0) is 6.78. The van der Waals surface area contributed by atoms with Crippen molar-refractivity contribution in [2.24, 2.45) is 0 Å². The first-order valence-corrected chi connectivity index (χ1v) is 3.98. The van der Waals surface area contributed by atoms with Crippen LogP contribution < -0.4 is 0 Å². The molecule has 0 bridgehead atoms. The van der Waals surface area contributed by atoms with Crippen molar-refractivity contribution in [2.75, 3.05) is 0 Å². The fraction of sp³-hybridized carbons (Fsp3) is 1.00. The Hall–Kier alpha value is 0.780. The minimum absolute atomic E-state index is 1.62. The molecule has 3 nitrogen and oxygen atoms in total. The van der Waals surface area contributed by atoms with E-state index in [-0.39, 0.29) is 0 Å². The normalized spacial score (nSPS) is 12.5. The molecule has 0 radical (unpaired) electrons. The van der Waals surface area contributed by atoms with E-state index in [1.54, 1.807) is 0 Å². The van der Waals surface area contributed by atoms with Crippen molar-refractivity contribution in [3.05, 3.63) is 0 Å². The molecule has 0 rings (SSSR count). The van der Waals surface area contributed by atoms with Crippen LogP contribution in [0.5, 0.6) is 0 Å². The Morgan fingerprint density at radius 2 is 1.75 bits per heavy atom. The van der Waals surface area contributed by atoms with Gasteiger partial charge in [-0.25, -0.2) is 0 Å². The van der Waals surface area contributed by atoms with Gasteiger partial charge in [0, 0.05) is 0 Å². The molecule has 0 N–H and O–H groups in total. The minimum Gasteiger partial charge on any atom is -0.195 e. The summed E-state index contributed by atoms with van der Waals surface area (Å²) in [7, 11) is -3.94. The molecule has 0 spiro atoms. The van der Waals surface area contributed by atoms with Crippen LogP contribution in [0.25, 0.3) is 0 Å². The van der Waals surface area contributed by atoms with E-state index in [0.717, 1.165) is 0 Å². The summed E-state index contributed by atoms with van der Waals surface area (Å²) < 4.78 is 21.9. The summed E-state index contributed by atoms with van der Waals surface area (Å²) in [5.74, 6) is 0. The molecule has 0 aromatic carbocycles. The third-order valence-electron chi connectivity index (χ3n) is 0.306. The zero-order valence-electron chi connectivity index (χ0n) is 3.34. The van der Waals surface area contributed by atoms with E-state index >= 15 is 0 Å². The van der Waals surface area contributed by atoms with Crippen molar-refractivity contribution in [2.45, 2.75) is 4.17 Å². The summed E-state index contributed by atoms with van der Waals surface area (Å²) in [4.78, 5) is 0. The molecular formula is CHCl3O3S. The lowest BCUT2D eigenvalue weighted by molar-refractivity contribution is 0.512. The lowest BCUT2D eigenvalue weighted by Gasteiger charge is -1.94. The van der Waals surface area contributed by atoms with Crippen LogP contribution in [0.3, 0.4) is 0 Å². The second-order valence-electron chi connectivity index (χ2n) is 0.816. The highest BCUT2D eigenvalue weighted by molar-refractivity contribution is 7.90. The molecule has 0 atom stereocenters. The molecule has 0 aliphatic rings. The highest BCUT2D eigenvalue weighted by atomic mass is 35.5. The molecule has 0 aromatic heterocycles. The first-order valence-electron chi connectivity index (χ1n) is 1.33. The van der Waals surface area contributed by atoms with Gasteiger partial charge in [0.25, 0.3) is 0 Å². The molecule has 8 heavy (non-hydrogen) atoms. The van der Waals surface area contributed by atoms with Crippen molar-refractivity contribution >= 4 is 45.2 Å². The van der Waals surface area contributed by atoms with Gasteiger partial charge in [-0.15, -0.1) is 0 Å². The van der Waals surface area contributed by atoms with Crippen molar-refractivity contribution < 1.29 is 12.2 Å². The van der Waals surface area contributed by atoms with Crippen molar-refractivity contribution in [3.63, 3.8) is 0 Å². The van der Waals surface area contributed by atoms with E-state index in [4.69, 9.17) is 23.2 Å². The Labute approximate surface area is 61.8 Å². The number of hydrogen-bond acceptors (Lipinski definition) is 3. The molecular weight excluding hydrogens is 198 g/mol. The minimum atomic E-state index is -3.94. The molecule has 0 aromatic rings. The largest absolute Gasteiger partial charge is 0.314 e. The first kappa shape index (κ1) is 8.78. The summed E-state index contributed by atoms with van der Waals surface area (Å²) in [6.45, 7) is 0. The highest BCUT2D eigenvalue weighted by Crippen LogP contribution is 2.13. The maximum Gasteiger partial charge on any atom is 0.314 e. The maximum absolute atomic E-state index is 10.1. The third kappa shape index (κ3) is 2.37. The van der Waals surface area contributed by atoms with Crippen LogP contribution in [0.15, 0.2) is 0 Å². The van der Waals surface area contributed by atoms with E-state index in [1.165, 1.54) is 0 Å². The monoisotopic (exact) mass is 198 g/mol. The van der Waals surface area contributed by atoms with Gasteiger partial charge in [0.2, 0.25) is 4.17 Å². The Morgan fingerprint density at radius 1 is 1.38 bits per heavy atom. The second kappa shape index (κ2) is 3.08. The lowest BCUT2D eigenvalue weighted by Crippen LogP contribution is -2.07. The van der Waals surface area contributed by atoms with Gasteiger partial charge < -0.3 is 0 Å². The maximum atomic E-state index is 10.1. The van der Waals surface area contributed by atoms with Crippen LogP contribution in [-0.2, 0) is 13.9 Å². The predicted molar refractivity (Wildman–Crippen MR) is 31.4 cm³/mol. The smallest absolute Gasteiger partial charge is 0.195 e. The average molecular weight is 199 g/mol. The molecule has 0 aliphatic heterocycles. The van der Waals surface area contributed by atoms with E-state index in [9.17, 15) is 8.42 Å². The van der Waals surface area contributed by atoms with Crippen LogP contribution in [0.4, 0.5) is 0 Å². The summed E-state index contributed by atoms with van der Waals surface area (Å²) in [5.41, 5.74) is 0. The van der Waals surface area contributed by atoms with Crippen LogP contribution in [0, 0.1) is 0 Å². The SMILES string of the molecule is O=S(=O)(OCl)C(Cl)Cl. The van der Waals surface area contributed by atoms with Gasteiger partial charge >= 0.3 is 10.1 Å². The van der Waals surface area contributed by atoms with Gasteiger partial charge in [-0.3, -0.25) is 0 Å². The second-order valence-corrected chi connectivity index (χ2v) is 4.39. The van der Waals surface area contributed by atoms with Gasteiger partial charge in [0.15, 0.2) is 0 Å². The number of alkyl halides is 2. The Balaban J connectivity index is 4.17. The fourth-order valence-electron chi connectivity index (χ4n) is 0.0275. The van der Waals surface area contributed by atoms with Gasteiger partial charge in [0.05, 0.1) is 11.9 Å². The van der Waals surface area contributed by atoms with Gasteiger partial charge in [0.1, 0.15) is 0 Å². The summed E-state index contributed by atoms with van der Waals surface area (Å²) >= 11 is 14.1. The first-order chi connectivity index (χ1) is 3.50. The van der Waals surface area contributed by atoms with Gasteiger partial charge in [-0.05, 0) is 0 Å². The third-order valence-corrected chi connectivity index (χ3v) is 2.75. The van der Waals surface area contributed by atoms with E-state index in [2.05, 4.69) is 15.6 Å². The van der Waals surface area contributed by atoms with Crippen LogP contribution >= 0.6 is 35.1 Å². The molecule has 0 unspecified atom stereocenters. The van der Waals surface area contributed by atoms with Crippen LogP contribution in [0.1, 0.15) is 0 Å². The molecule has 50 valence electrons. The molecule has 0 saturated heterocycles. The average Bonchev–Trinajstić information content (AvgIpc) is 1.67. The Morgan fingerprint density at radius 3 is 1.75 bits per heavy atom. The molecule has 0 saturated carbocycles. The van der Waals surface area contributed by atoms with Crippen LogP contribution in [0.2, 0.25) is 0 Å². The van der Waals surface area contributed by atoms with Gasteiger partial charge in [-0.1, -0.05) is 23.2 Å². The molecule has 0 heterocycles. The summed E-state index contributed by atoms with van der Waals surface area (Å²) in [5, 5.41) is 0. The van der Waals surface area contributed by atoms with Gasteiger partial charge in [-0.2, -0.15) is 12.2 Å². The summed E-state index contributed by atoms with van der Waals surface area (Å²) in [6.07, 6.45) is 0. The van der Waals surface area contributed by atoms with E-state index in [0.29, 0.717) is 0 Å². The van der Waals surface area contributed by atoms with Crippen molar-refractivity contribution in [1.29, 1.82) is 0 Å². The van der Waals surface area contributed by atoms with E-state index < -0.39 is 14.3 Å². The molecule has 0 fully saturated rings. The number of rotatable bonds is 2. The van der Waals surface area contributed by atoms with Crippen molar-refractivity contribution in [1.82, 2.24) is 0 Å². The lowest BCUT2D eigenvalue weighted by atomic mass is 11.9. The number of halogens is 3. The molecule has 0 aliphatic carbocycles. The Bertz CT molecular complexity index is 148.